The number of para-hydroxylation sites is 1. The summed E-state index contributed by atoms with van der Waals surface area (Å²) in [6.45, 7) is 5.64. The summed E-state index contributed by atoms with van der Waals surface area (Å²) in [6.07, 6.45) is 3.51. The number of benzene rings is 1. The van der Waals surface area contributed by atoms with E-state index in [2.05, 4.69) is 33.9 Å². The summed E-state index contributed by atoms with van der Waals surface area (Å²) in [4.78, 5) is 11.9. The summed E-state index contributed by atoms with van der Waals surface area (Å²) < 4.78 is 7.57. The summed E-state index contributed by atoms with van der Waals surface area (Å²) in [5.74, 6) is 1.66. The Labute approximate surface area is 164 Å². The summed E-state index contributed by atoms with van der Waals surface area (Å²) >= 11 is 1.59. The highest BCUT2D eigenvalue weighted by Gasteiger charge is 2.12. The van der Waals surface area contributed by atoms with E-state index in [4.69, 9.17) is 10.00 Å². The molecule has 0 atom stereocenters. The van der Waals surface area contributed by atoms with Crippen molar-refractivity contribution in [1.82, 2.24) is 20.1 Å². The molecule has 0 radical (unpaired) electrons. The molecule has 144 valence electrons. The molecule has 2 aromatic rings. The fraction of sp³-hybridized carbons (Fsp3) is 0.474. The predicted molar refractivity (Wildman–Crippen MR) is 105 cm³/mol. The first-order chi connectivity index (χ1) is 13.0. The van der Waals surface area contributed by atoms with Gasteiger partial charge in [-0.3, -0.25) is 4.79 Å². The Hall–Kier alpha value is -2.53. The Morgan fingerprint density at radius 1 is 1.37 bits per heavy atom. The minimum Gasteiger partial charge on any atom is -0.482 e. The maximum Gasteiger partial charge on any atom is 0.257 e. The molecule has 0 bridgehead atoms. The largest absolute Gasteiger partial charge is 0.482 e. The highest BCUT2D eigenvalue weighted by Crippen LogP contribution is 2.17. The quantitative estimate of drug-likeness (QED) is 0.498. The molecule has 8 heteroatoms. The lowest BCUT2D eigenvalue weighted by Crippen LogP contribution is -2.30. The van der Waals surface area contributed by atoms with Gasteiger partial charge in [0.15, 0.2) is 11.8 Å². The Balaban J connectivity index is 1.76. The maximum absolute atomic E-state index is 11.9. The zero-order valence-electron chi connectivity index (χ0n) is 15.9. The van der Waals surface area contributed by atoms with Crippen molar-refractivity contribution in [3.8, 4) is 11.8 Å². The van der Waals surface area contributed by atoms with E-state index in [9.17, 15) is 4.79 Å². The molecule has 1 amide bonds. The molecule has 7 nitrogen and oxygen atoms in total. The van der Waals surface area contributed by atoms with Crippen molar-refractivity contribution in [2.24, 2.45) is 5.92 Å². The predicted octanol–water partition coefficient (Wildman–Crippen LogP) is 2.66. The van der Waals surface area contributed by atoms with Crippen LogP contribution in [0.1, 0.15) is 31.7 Å². The minimum absolute atomic E-state index is 0.112. The van der Waals surface area contributed by atoms with Gasteiger partial charge >= 0.3 is 0 Å². The Bertz CT molecular complexity index is 798. The van der Waals surface area contributed by atoms with Crippen LogP contribution in [0.25, 0.3) is 0 Å². The number of amides is 1. The van der Waals surface area contributed by atoms with Crippen LogP contribution in [0.4, 0.5) is 0 Å². The standard InChI is InChI=1S/C19H25N5O2S/c1-14(2)12-24-17(22-23-19(24)27-3)9-6-10-21-18(25)13-26-16-8-5-4-7-15(16)11-20/h4-5,7-8,14H,6,9-10,12-13H2,1-3H3,(H,21,25). The van der Waals surface area contributed by atoms with Crippen molar-refractivity contribution in [1.29, 1.82) is 5.26 Å². The Morgan fingerprint density at radius 2 is 2.15 bits per heavy atom. The van der Waals surface area contributed by atoms with Gasteiger partial charge in [0.25, 0.3) is 5.91 Å². The molecule has 0 saturated carbocycles. The maximum atomic E-state index is 11.9. The van der Waals surface area contributed by atoms with Gasteiger partial charge in [0.1, 0.15) is 17.6 Å². The SMILES string of the molecule is CSc1nnc(CCCNC(=O)COc2ccccc2C#N)n1CC(C)C. The summed E-state index contributed by atoms with van der Waals surface area (Å²) in [5.41, 5.74) is 0.416. The fourth-order valence-corrected chi connectivity index (χ4v) is 3.08. The van der Waals surface area contributed by atoms with Gasteiger partial charge in [-0.1, -0.05) is 37.7 Å². The molecule has 1 heterocycles. The molecule has 0 aliphatic heterocycles. The first kappa shape index (κ1) is 20.8. The Kier molecular flexibility index (Phi) is 8.14. The summed E-state index contributed by atoms with van der Waals surface area (Å²) in [7, 11) is 0. The molecule has 0 aliphatic carbocycles. The van der Waals surface area contributed by atoms with Gasteiger partial charge in [-0.2, -0.15) is 5.26 Å². The lowest BCUT2D eigenvalue weighted by molar-refractivity contribution is -0.123. The number of hydrogen-bond donors (Lipinski definition) is 1. The number of carbonyl (C=O) groups excluding carboxylic acids is 1. The van der Waals surface area contributed by atoms with Crippen LogP contribution < -0.4 is 10.1 Å². The van der Waals surface area contributed by atoms with Crippen LogP contribution in [0.2, 0.25) is 0 Å². The van der Waals surface area contributed by atoms with Gasteiger partial charge < -0.3 is 14.6 Å². The summed E-state index contributed by atoms with van der Waals surface area (Å²) in [5, 5.41) is 21.3. The smallest absolute Gasteiger partial charge is 0.257 e. The number of nitrogens with one attached hydrogen (secondary N) is 1. The van der Waals surface area contributed by atoms with Crippen LogP contribution in [-0.4, -0.2) is 40.1 Å². The van der Waals surface area contributed by atoms with E-state index >= 15 is 0 Å². The molecule has 0 saturated heterocycles. The van der Waals surface area contributed by atoms with E-state index in [1.807, 2.05) is 12.3 Å². The van der Waals surface area contributed by atoms with Crippen molar-refractivity contribution in [2.75, 3.05) is 19.4 Å². The topological polar surface area (TPSA) is 92.8 Å². The molecule has 0 unspecified atom stereocenters. The number of carbonyl (C=O) groups is 1. The number of aromatic nitrogens is 3. The second-order valence-corrected chi connectivity index (χ2v) is 7.23. The molecule has 1 aromatic heterocycles. The number of hydrogen-bond acceptors (Lipinski definition) is 6. The number of nitriles is 1. The van der Waals surface area contributed by atoms with E-state index in [-0.39, 0.29) is 12.5 Å². The zero-order chi connectivity index (χ0) is 19.6. The molecule has 0 spiro atoms. The van der Waals surface area contributed by atoms with Gasteiger partial charge in [0.05, 0.1) is 5.56 Å². The van der Waals surface area contributed by atoms with Gasteiger partial charge in [-0.25, -0.2) is 0 Å². The lowest BCUT2D eigenvalue weighted by atomic mass is 10.2. The molecule has 0 fully saturated rings. The third-order valence-electron chi connectivity index (χ3n) is 3.79. The first-order valence-electron chi connectivity index (χ1n) is 8.89. The molecule has 27 heavy (non-hydrogen) atoms. The molecule has 1 aromatic carbocycles. The van der Waals surface area contributed by atoms with Crippen LogP contribution in [0.5, 0.6) is 5.75 Å². The minimum atomic E-state index is -0.212. The highest BCUT2D eigenvalue weighted by molar-refractivity contribution is 7.98. The van der Waals surface area contributed by atoms with Gasteiger partial charge in [-0.15, -0.1) is 10.2 Å². The number of rotatable bonds is 10. The lowest BCUT2D eigenvalue weighted by Gasteiger charge is -2.12. The molecular weight excluding hydrogens is 362 g/mol. The highest BCUT2D eigenvalue weighted by atomic mass is 32.2. The van der Waals surface area contributed by atoms with Crippen LogP contribution in [0.3, 0.4) is 0 Å². The van der Waals surface area contributed by atoms with Gasteiger partial charge in [0.2, 0.25) is 0 Å². The fourth-order valence-electron chi connectivity index (χ4n) is 2.56. The average molecular weight is 388 g/mol. The monoisotopic (exact) mass is 387 g/mol. The molecule has 1 N–H and O–H groups in total. The van der Waals surface area contributed by atoms with Crippen LogP contribution in [-0.2, 0) is 17.8 Å². The Morgan fingerprint density at radius 3 is 2.85 bits per heavy atom. The van der Waals surface area contributed by atoms with Gasteiger partial charge in [-0.05, 0) is 30.7 Å². The van der Waals surface area contributed by atoms with E-state index < -0.39 is 0 Å². The van der Waals surface area contributed by atoms with E-state index in [1.54, 1.807) is 36.0 Å². The van der Waals surface area contributed by atoms with E-state index in [1.165, 1.54) is 0 Å². The van der Waals surface area contributed by atoms with Crippen molar-refractivity contribution in [3.05, 3.63) is 35.7 Å². The first-order valence-corrected chi connectivity index (χ1v) is 10.1. The van der Waals surface area contributed by atoms with Crippen LogP contribution in [0.15, 0.2) is 29.4 Å². The van der Waals surface area contributed by atoms with E-state index in [0.29, 0.717) is 23.8 Å². The molecule has 0 aliphatic rings. The number of aryl methyl sites for hydroxylation is 1. The van der Waals surface area contributed by atoms with Crippen LogP contribution in [0, 0.1) is 17.2 Å². The van der Waals surface area contributed by atoms with Crippen molar-refractivity contribution in [2.45, 2.75) is 38.4 Å². The number of nitrogens with zero attached hydrogens (tertiary/aromatic N) is 4. The third kappa shape index (κ3) is 6.29. The number of ether oxygens (including phenoxy) is 1. The molecular formula is C19H25N5O2S. The normalized spacial score (nSPS) is 10.6. The third-order valence-corrected chi connectivity index (χ3v) is 4.46. The van der Waals surface area contributed by atoms with Crippen molar-refractivity contribution < 1.29 is 9.53 Å². The van der Waals surface area contributed by atoms with E-state index in [0.717, 1.165) is 30.4 Å². The average Bonchev–Trinajstić information content (AvgIpc) is 3.04. The zero-order valence-corrected chi connectivity index (χ0v) is 16.8. The van der Waals surface area contributed by atoms with Gasteiger partial charge in [0, 0.05) is 19.5 Å². The molecule has 2 rings (SSSR count). The number of thioether (sulfide) groups is 1. The van der Waals surface area contributed by atoms with Crippen LogP contribution >= 0.6 is 11.8 Å². The second kappa shape index (κ2) is 10.6. The van der Waals surface area contributed by atoms with Crippen molar-refractivity contribution in [3.63, 3.8) is 0 Å². The summed E-state index contributed by atoms with van der Waals surface area (Å²) in [6, 6.07) is 8.90. The van der Waals surface area contributed by atoms with Crippen molar-refractivity contribution >= 4 is 17.7 Å². The second-order valence-electron chi connectivity index (χ2n) is 6.46.